The van der Waals surface area contributed by atoms with Crippen molar-refractivity contribution in [2.24, 2.45) is 0 Å². The molecule has 1 amide bonds. The average molecular weight is 426 g/mol. The second-order valence-electron chi connectivity index (χ2n) is 6.54. The Morgan fingerprint density at radius 3 is 2.43 bits per heavy atom. The number of ether oxygens (including phenoxy) is 1. The maximum Gasteiger partial charge on any atom is 0.306 e. The topological polar surface area (TPSA) is 85.4 Å². The Balaban J connectivity index is 1.42. The molecule has 1 heterocycles. The van der Waals surface area contributed by atoms with Crippen molar-refractivity contribution >= 4 is 34.1 Å². The van der Waals surface area contributed by atoms with E-state index in [4.69, 9.17) is 4.74 Å². The Hall–Kier alpha value is -3.39. The highest BCUT2D eigenvalue weighted by Gasteiger charge is 2.13. The van der Waals surface area contributed by atoms with E-state index in [1.165, 1.54) is 35.6 Å². The van der Waals surface area contributed by atoms with E-state index >= 15 is 0 Å². The van der Waals surface area contributed by atoms with Crippen molar-refractivity contribution in [3.63, 3.8) is 0 Å². The Kier molecular flexibility index (Phi) is 7.03. The number of thiazole rings is 1. The molecule has 8 heteroatoms. The molecular weight excluding hydrogens is 407 g/mol. The number of amides is 1. The zero-order valence-electron chi connectivity index (χ0n) is 16.2. The summed E-state index contributed by atoms with van der Waals surface area (Å²) < 4.78 is 17.8. The van der Waals surface area contributed by atoms with Crippen LogP contribution in [-0.2, 0) is 14.3 Å². The van der Waals surface area contributed by atoms with Crippen LogP contribution in [0, 0.1) is 12.7 Å². The van der Waals surface area contributed by atoms with E-state index in [1.54, 1.807) is 0 Å². The van der Waals surface area contributed by atoms with Gasteiger partial charge in [-0.1, -0.05) is 29.8 Å². The van der Waals surface area contributed by atoms with Gasteiger partial charge in [0.25, 0.3) is 5.91 Å². The quantitative estimate of drug-likeness (QED) is 0.426. The number of rotatable bonds is 8. The fraction of sp³-hybridized carbons (Fsp3) is 0.182. The number of nitrogens with zero attached hydrogens (tertiary/aromatic N) is 1. The third kappa shape index (κ3) is 6.05. The predicted octanol–water partition coefficient (Wildman–Crippen LogP) is 4.40. The molecule has 2 aromatic carbocycles. The first-order valence-corrected chi connectivity index (χ1v) is 10.1. The molecule has 1 N–H and O–H groups in total. The Labute approximate surface area is 176 Å². The van der Waals surface area contributed by atoms with Crippen LogP contribution in [0.15, 0.2) is 53.9 Å². The SMILES string of the molecule is Cc1ccc(-c2csc(NC(=O)COC(=O)CCC(=O)c3ccc(F)cc3)n2)cc1. The van der Waals surface area contributed by atoms with Gasteiger partial charge < -0.3 is 4.74 Å². The molecule has 0 aliphatic carbocycles. The number of carbonyl (C=O) groups excluding carboxylic acids is 3. The van der Waals surface area contributed by atoms with Crippen molar-refractivity contribution < 1.29 is 23.5 Å². The van der Waals surface area contributed by atoms with Crippen LogP contribution in [0.5, 0.6) is 0 Å². The second-order valence-corrected chi connectivity index (χ2v) is 7.40. The molecule has 1 aromatic heterocycles. The molecule has 154 valence electrons. The van der Waals surface area contributed by atoms with Crippen LogP contribution in [0.2, 0.25) is 0 Å². The fourth-order valence-electron chi connectivity index (χ4n) is 2.56. The number of benzene rings is 2. The first kappa shape index (κ1) is 21.3. The highest BCUT2D eigenvalue weighted by atomic mass is 32.1. The smallest absolute Gasteiger partial charge is 0.306 e. The molecule has 30 heavy (non-hydrogen) atoms. The van der Waals surface area contributed by atoms with E-state index in [9.17, 15) is 18.8 Å². The van der Waals surface area contributed by atoms with Gasteiger partial charge in [0, 0.05) is 22.9 Å². The molecule has 0 aliphatic rings. The number of ketones is 1. The van der Waals surface area contributed by atoms with Gasteiger partial charge in [-0.2, -0.15) is 0 Å². The van der Waals surface area contributed by atoms with E-state index in [2.05, 4.69) is 10.3 Å². The van der Waals surface area contributed by atoms with Crippen LogP contribution in [0.1, 0.15) is 28.8 Å². The Morgan fingerprint density at radius 2 is 1.73 bits per heavy atom. The molecule has 3 rings (SSSR count). The van der Waals surface area contributed by atoms with Crippen LogP contribution in [0.3, 0.4) is 0 Å². The number of hydrogen-bond acceptors (Lipinski definition) is 6. The molecule has 0 radical (unpaired) electrons. The number of carbonyl (C=O) groups is 3. The molecule has 0 spiro atoms. The molecule has 0 unspecified atom stereocenters. The van der Waals surface area contributed by atoms with Crippen molar-refractivity contribution in [2.75, 3.05) is 11.9 Å². The molecule has 0 atom stereocenters. The Bertz CT molecular complexity index is 1050. The summed E-state index contributed by atoms with van der Waals surface area (Å²) in [5.74, 6) is -1.93. The van der Waals surface area contributed by atoms with Crippen LogP contribution < -0.4 is 5.32 Å². The number of aryl methyl sites for hydroxylation is 1. The highest BCUT2D eigenvalue weighted by Crippen LogP contribution is 2.25. The number of Topliss-reactive ketones (excluding diaryl/α,β-unsaturated/α-hetero) is 1. The zero-order valence-corrected chi connectivity index (χ0v) is 17.0. The number of halogens is 1. The third-order valence-corrected chi connectivity index (χ3v) is 4.94. The van der Waals surface area contributed by atoms with Gasteiger partial charge in [0.15, 0.2) is 17.5 Å². The van der Waals surface area contributed by atoms with E-state index in [0.29, 0.717) is 10.7 Å². The van der Waals surface area contributed by atoms with E-state index in [0.717, 1.165) is 16.8 Å². The summed E-state index contributed by atoms with van der Waals surface area (Å²) >= 11 is 1.27. The summed E-state index contributed by atoms with van der Waals surface area (Å²) in [5.41, 5.74) is 3.14. The van der Waals surface area contributed by atoms with Gasteiger partial charge in [-0.3, -0.25) is 19.7 Å². The molecule has 0 aliphatic heterocycles. The number of aromatic nitrogens is 1. The molecule has 3 aromatic rings. The number of nitrogens with one attached hydrogen (secondary N) is 1. The van der Waals surface area contributed by atoms with Gasteiger partial charge in [0.2, 0.25) is 0 Å². The summed E-state index contributed by atoms with van der Waals surface area (Å²) in [4.78, 5) is 40.1. The Morgan fingerprint density at radius 1 is 1.03 bits per heavy atom. The van der Waals surface area contributed by atoms with Gasteiger partial charge in [0.05, 0.1) is 12.1 Å². The van der Waals surface area contributed by atoms with Gasteiger partial charge in [-0.25, -0.2) is 9.37 Å². The zero-order chi connectivity index (χ0) is 21.5. The van der Waals surface area contributed by atoms with Crippen LogP contribution >= 0.6 is 11.3 Å². The first-order chi connectivity index (χ1) is 14.4. The van der Waals surface area contributed by atoms with Gasteiger partial charge in [0.1, 0.15) is 5.82 Å². The van der Waals surface area contributed by atoms with Crippen molar-refractivity contribution in [2.45, 2.75) is 19.8 Å². The van der Waals surface area contributed by atoms with Crippen molar-refractivity contribution in [1.82, 2.24) is 4.98 Å². The minimum atomic E-state index is -0.667. The molecule has 6 nitrogen and oxygen atoms in total. The lowest BCUT2D eigenvalue weighted by Gasteiger charge is -2.05. The molecule has 0 bridgehead atoms. The summed E-state index contributed by atoms with van der Waals surface area (Å²) in [6, 6.07) is 12.9. The fourth-order valence-corrected chi connectivity index (χ4v) is 3.29. The standard InChI is InChI=1S/C22H19FN2O4S/c1-14-2-4-15(5-3-14)18-13-30-22(24-18)25-20(27)12-29-21(28)11-10-19(26)16-6-8-17(23)9-7-16/h2-9,13H,10-12H2,1H3,(H,24,25,27). The minimum Gasteiger partial charge on any atom is -0.456 e. The first-order valence-electron chi connectivity index (χ1n) is 9.17. The maximum atomic E-state index is 12.9. The van der Waals surface area contributed by atoms with Gasteiger partial charge in [-0.05, 0) is 31.2 Å². The third-order valence-electron chi connectivity index (χ3n) is 4.18. The highest BCUT2D eigenvalue weighted by molar-refractivity contribution is 7.14. The van der Waals surface area contributed by atoms with Crippen LogP contribution in [0.4, 0.5) is 9.52 Å². The summed E-state index contributed by atoms with van der Waals surface area (Å²) in [7, 11) is 0. The molecule has 0 saturated carbocycles. The van der Waals surface area contributed by atoms with Gasteiger partial charge in [-0.15, -0.1) is 11.3 Å². The van der Waals surface area contributed by atoms with Gasteiger partial charge >= 0.3 is 5.97 Å². The van der Waals surface area contributed by atoms with Crippen molar-refractivity contribution in [1.29, 1.82) is 0 Å². The van der Waals surface area contributed by atoms with Crippen LogP contribution in [0.25, 0.3) is 11.3 Å². The summed E-state index contributed by atoms with van der Waals surface area (Å²) in [6.45, 7) is 1.53. The average Bonchev–Trinajstić information content (AvgIpc) is 3.20. The summed E-state index contributed by atoms with van der Waals surface area (Å²) in [6.07, 6.45) is -0.253. The summed E-state index contributed by atoms with van der Waals surface area (Å²) in [5, 5.41) is 4.81. The largest absolute Gasteiger partial charge is 0.456 e. The number of anilines is 1. The lowest BCUT2D eigenvalue weighted by Crippen LogP contribution is -2.21. The van der Waals surface area contributed by atoms with E-state index in [1.807, 2.05) is 36.6 Å². The monoisotopic (exact) mass is 426 g/mol. The molecular formula is C22H19FN2O4S. The number of esters is 1. The normalized spacial score (nSPS) is 10.5. The minimum absolute atomic E-state index is 0.0848. The van der Waals surface area contributed by atoms with Crippen molar-refractivity contribution in [3.05, 3.63) is 70.9 Å². The second kappa shape index (κ2) is 9.89. The van der Waals surface area contributed by atoms with E-state index < -0.39 is 24.3 Å². The van der Waals surface area contributed by atoms with Crippen molar-refractivity contribution in [3.8, 4) is 11.3 Å². The van der Waals surface area contributed by atoms with Crippen LogP contribution in [-0.4, -0.2) is 29.3 Å². The maximum absolute atomic E-state index is 12.9. The lowest BCUT2D eigenvalue weighted by molar-refractivity contribution is -0.147. The molecule has 0 saturated heterocycles. The predicted molar refractivity (Wildman–Crippen MR) is 112 cm³/mol. The lowest BCUT2D eigenvalue weighted by atomic mass is 10.1. The number of hydrogen-bond donors (Lipinski definition) is 1. The molecule has 0 fully saturated rings. The van der Waals surface area contributed by atoms with E-state index in [-0.39, 0.29) is 18.6 Å².